The van der Waals surface area contributed by atoms with Crippen molar-refractivity contribution in [1.29, 1.82) is 0 Å². The van der Waals surface area contributed by atoms with E-state index in [1.54, 1.807) is 19.4 Å². The van der Waals surface area contributed by atoms with Crippen molar-refractivity contribution in [1.82, 2.24) is 24.8 Å². The largest absolute Gasteiger partial charge is 0.481 e. The average molecular weight is 288 g/mol. The van der Waals surface area contributed by atoms with E-state index in [4.69, 9.17) is 4.74 Å². The van der Waals surface area contributed by atoms with Gasteiger partial charge in [-0.2, -0.15) is 4.98 Å². The quantitative estimate of drug-likeness (QED) is 0.899. The van der Waals surface area contributed by atoms with Gasteiger partial charge < -0.3 is 14.6 Å². The third-order valence-electron chi connectivity index (χ3n) is 3.63. The fourth-order valence-electron chi connectivity index (χ4n) is 2.50. The molecule has 1 N–H and O–H groups in total. The molecule has 0 aromatic carbocycles. The monoisotopic (exact) mass is 288 g/mol. The Morgan fingerprint density at radius 1 is 1.24 bits per heavy atom. The van der Waals surface area contributed by atoms with Gasteiger partial charge in [0.2, 0.25) is 11.8 Å². The molecule has 0 aliphatic carbocycles. The van der Waals surface area contributed by atoms with Gasteiger partial charge in [0.05, 0.1) is 7.11 Å². The second-order valence-electron chi connectivity index (χ2n) is 5.16. The molecule has 0 bridgehead atoms. The van der Waals surface area contributed by atoms with Crippen molar-refractivity contribution in [3.8, 4) is 5.88 Å². The smallest absolute Gasteiger partial charge is 0.228 e. The molecule has 0 atom stereocenters. The summed E-state index contributed by atoms with van der Waals surface area (Å²) in [4.78, 5) is 20.8. The number of nitrogens with zero attached hydrogens (tertiary/aromatic N) is 5. The number of methoxy groups -OCH3 is 1. The molecule has 0 spiro atoms. The van der Waals surface area contributed by atoms with Crippen LogP contribution in [0.3, 0.4) is 0 Å². The SMILES string of the molecule is COc1ccnc(N2CCN(Cc3cnc(C)[nH]3)CC2)n1. The van der Waals surface area contributed by atoms with E-state index in [9.17, 15) is 0 Å². The highest BCUT2D eigenvalue weighted by molar-refractivity contribution is 5.32. The Morgan fingerprint density at radius 2 is 2.05 bits per heavy atom. The maximum atomic E-state index is 5.15. The summed E-state index contributed by atoms with van der Waals surface area (Å²) in [5, 5.41) is 0. The highest BCUT2D eigenvalue weighted by Gasteiger charge is 2.19. The van der Waals surface area contributed by atoms with Gasteiger partial charge in [-0.25, -0.2) is 9.97 Å². The Balaban J connectivity index is 1.57. The second-order valence-corrected chi connectivity index (χ2v) is 5.16. The minimum absolute atomic E-state index is 0.607. The zero-order valence-corrected chi connectivity index (χ0v) is 12.4. The van der Waals surface area contributed by atoms with Crippen LogP contribution in [0.15, 0.2) is 18.5 Å². The first-order valence-corrected chi connectivity index (χ1v) is 7.09. The van der Waals surface area contributed by atoms with Crippen molar-refractivity contribution < 1.29 is 4.74 Å². The number of ether oxygens (including phenoxy) is 1. The fraction of sp³-hybridized carbons (Fsp3) is 0.500. The number of aromatic amines is 1. The molecule has 112 valence electrons. The van der Waals surface area contributed by atoms with Crippen LogP contribution in [0.25, 0.3) is 0 Å². The van der Waals surface area contributed by atoms with Gasteiger partial charge in [-0.15, -0.1) is 0 Å². The van der Waals surface area contributed by atoms with Crippen molar-refractivity contribution in [3.63, 3.8) is 0 Å². The first-order chi connectivity index (χ1) is 10.2. The molecule has 21 heavy (non-hydrogen) atoms. The van der Waals surface area contributed by atoms with Gasteiger partial charge in [0.1, 0.15) is 5.82 Å². The van der Waals surface area contributed by atoms with E-state index in [1.807, 2.05) is 13.1 Å². The third-order valence-corrected chi connectivity index (χ3v) is 3.63. The summed E-state index contributed by atoms with van der Waals surface area (Å²) in [6, 6.07) is 1.76. The molecular formula is C14H20N6O. The van der Waals surface area contributed by atoms with Crippen LogP contribution in [0.2, 0.25) is 0 Å². The van der Waals surface area contributed by atoms with Gasteiger partial charge in [-0.1, -0.05) is 0 Å². The first kappa shape index (κ1) is 13.8. The van der Waals surface area contributed by atoms with Crippen LogP contribution >= 0.6 is 0 Å². The van der Waals surface area contributed by atoms with Crippen LogP contribution in [-0.2, 0) is 6.54 Å². The number of nitrogens with one attached hydrogen (secondary N) is 1. The number of rotatable bonds is 4. The van der Waals surface area contributed by atoms with Crippen molar-refractivity contribution in [3.05, 3.63) is 30.0 Å². The van der Waals surface area contributed by atoms with Gasteiger partial charge in [0.15, 0.2) is 0 Å². The van der Waals surface area contributed by atoms with Gasteiger partial charge in [0, 0.05) is 56.9 Å². The molecule has 1 fully saturated rings. The lowest BCUT2D eigenvalue weighted by atomic mass is 10.3. The Labute approximate surface area is 124 Å². The Morgan fingerprint density at radius 3 is 2.71 bits per heavy atom. The maximum Gasteiger partial charge on any atom is 0.228 e. The molecule has 3 heterocycles. The summed E-state index contributed by atoms with van der Waals surface area (Å²) in [6.45, 7) is 6.69. The molecule has 1 aliphatic rings. The standard InChI is InChI=1S/C14H20N6O/c1-11-16-9-12(17-11)10-19-5-7-20(8-6-19)14-15-4-3-13(18-14)21-2/h3-4,9H,5-8,10H2,1-2H3,(H,16,17). The van der Waals surface area contributed by atoms with Gasteiger partial charge in [-0.05, 0) is 6.92 Å². The van der Waals surface area contributed by atoms with Crippen LogP contribution in [0.5, 0.6) is 5.88 Å². The number of hydrogen-bond donors (Lipinski definition) is 1. The lowest BCUT2D eigenvalue weighted by molar-refractivity contribution is 0.246. The number of anilines is 1. The average Bonchev–Trinajstić information content (AvgIpc) is 2.93. The summed E-state index contributed by atoms with van der Waals surface area (Å²) in [5.41, 5.74) is 1.17. The third kappa shape index (κ3) is 3.30. The number of piperazine rings is 1. The van der Waals surface area contributed by atoms with Crippen molar-refractivity contribution in [2.75, 3.05) is 38.2 Å². The van der Waals surface area contributed by atoms with Crippen LogP contribution in [0, 0.1) is 6.92 Å². The van der Waals surface area contributed by atoms with Crippen molar-refractivity contribution in [2.24, 2.45) is 0 Å². The first-order valence-electron chi connectivity index (χ1n) is 7.09. The molecule has 2 aromatic heterocycles. The molecule has 0 unspecified atom stereocenters. The predicted molar refractivity (Wildman–Crippen MR) is 79.4 cm³/mol. The summed E-state index contributed by atoms with van der Waals surface area (Å²) in [7, 11) is 1.62. The normalized spacial score (nSPS) is 16.2. The van der Waals surface area contributed by atoms with Crippen molar-refractivity contribution in [2.45, 2.75) is 13.5 Å². The van der Waals surface area contributed by atoms with E-state index in [0.29, 0.717) is 5.88 Å². The summed E-state index contributed by atoms with van der Waals surface area (Å²) < 4.78 is 5.15. The molecule has 0 amide bonds. The second kappa shape index (κ2) is 6.09. The Hall–Kier alpha value is -2.15. The number of aromatic nitrogens is 4. The van der Waals surface area contributed by atoms with E-state index < -0.39 is 0 Å². The molecule has 0 radical (unpaired) electrons. The van der Waals surface area contributed by atoms with Gasteiger partial charge >= 0.3 is 0 Å². The Bertz CT molecular complexity index is 591. The molecule has 1 saturated heterocycles. The molecule has 7 heteroatoms. The number of hydrogen-bond acceptors (Lipinski definition) is 6. The molecule has 3 rings (SSSR count). The lowest BCUT2D eigenvalue weighted by Crippen LogP contribution is -2.46. The highest BCUT2D eigenvalue weighted by atomic mass is 16.5. The Kier molecular flexibility index (Phi) is 4.01. The number of H-pyrrole nitrogens is 1. The van der Waals surface area contributed by atoms with Crippen LogP contribution in [-0.4, -0.2) is 58.1 Å². The van der Waals surface area contributed by atoms with Gasteiger partial charge in [0.25, 0.3) is 0 Å². The van der Waals surface area contributed by atoms with Crippen molar-refractivity contribution >= 4 is 5.95 Å². The zero-order chi connectivity index (χ0) is 14.7. The molecule has 0 saturated carbocycles. The van der Waals surface area contributed by atoms with Crippen LogP contribution in [0.1, 0.15) is 11.5 Å². The highest BCUT2D eigenvalue weighted by Crippen LogP contribution is 2.15. The predicted octanol–water partition coefficient (Wildman–Crippen LogP) is 0.839. The number of aryl methyl sites for hydroxylation is 1. The summed E-state index contributed by atoms with van der Waals surface area (Å²) in [6.07, 6.45) is 3.65. The minimum Gasteiger partial charge on any atom is -0.481 e. The minimum atomic E-state index is 0.607. The van der Waals surface area contributed by atoms with E-state index in [0.717, 1.165) is 44.5 Å². The summed E-state index contributed by atoms with van der Waals surface area (Å²) in [5.74, 6) is 2.31. The van der Waals surface area contributed by atoms with E-state index in [-0.39, 0.29) is 0 Å². The topological polar surface area (TPSA) is 70.2 Å². The van der Waals surface area contributed by atoms with E-state index in [2.05, 4.69) is 29.7 Å². The van der Waals surface area contributed by atoms with Crippen LogP contribution in [0.4, 0.5) is 5.95 Å². The molecule has 2 aromatic rings. The van der Waals surface area contributed by atoms with E-state index >= 15 is 0 Å². The molecule has 1 aliphatic heterocycles. The number of imidazole rings is 1. The maximum absolute atomic E-state index is 5.15. The summed E-state index contributed by atoms with van der Waals surface area (Å²) >= 11 is 0. The molecule has 7 nitrogen and oxygen atoms in total. The lowest BCUT2D eigenvalue weighted by Gasteiger charge is -2.34. The zero-order valence-electron chi connectivity index (χ0n) is 12.4. The van der Waals surface area contributed by atoms with Crippen LogP contribution < -0.4 is 9.64 Å². The van der Waals surface area contributed by atoms with Gasteiger partial charge in [-0.3, -0.25) is 4.90 Å². The fourth-order valence-corrected chi connectivity index (χ4v) is 2.50. The van der Waals surface area contributed by atoms with E-state index in [1.165, 1.54) is 5.69 Å². The molecular weight excluding hydrogens is 268 g/mol.